The Labute approximate surface area is 140 Å². The van der Waals surface area contributed by atoms with Crippen LogP contribution in [0.4, 0.5) is 4.39 Å². The van der Waals surface area contributed by atoms with E-state index in [1.54, 1.807) is 29.2 Å². The fraction of sp³-hybridized carbons (Fsp3) is 0.444. The van der Waals surface area contributed by atoms with Gasteiger partial charge in [0.15, 0.2) is 0 Å². The van der Waals surface area contributed by atoms with Gasteiger partial charge in [0, 0.05) is 31.4 Å². The van der Waals surface area contributed by atoms with Gasteiger partial charge in [0.2, 0.25) is 0 Å². The second kappa shape index (κ2) is 6.36. The zero-order valence-corrected chi connectivity index (χ0v) is 13.6. The van der Waals surface area contributed by atoms with Gasteiger partial charge in [-0.2, -0.15) is 0 Å². The van der Waals surface area contributed by atoms with Crippen LogP contribution in [0.3, 0.4) is 0 Å². The largest absolute Gasteiger partial charge is 0.334 e. The number of fused-ring (bicyclic) bond motifs is 1. The SMILES string of the molecule is O=C(c1cncn1-c1ccc(F)cc1)N1CCN2CCCC[C@@H]2C1. The molecule has 1 atom stereocenters. The molecule has 1 aromatic heterocycles. The van der Waals surface area contributed by atoms with Crippen LogP contribution in [0, 0.1) is 5.82 Å². The minimum atomic E-state index is -0.292. The molecule has 126 valence electrons. The number of rotatable bonds is 2. The van der Waals surface area contributed by atoms with Gasteiger partial charge in [-0.15, -0.1) is 0 Å². The second-order valence-electron chi connectivity index (χ2n) is 6.56. The lowest BCUT2D eigenvalue weighted by atomic mass is 9.99. The number of carbonyl (C=O) groups is 1. The molecule has 24 heavy (non-hydrogen) atoms. The summed E-state index contributed by atoms with van der Waals surface area (Å²) < 4.78 is 14.9. The van der Waals surface area contributed by atoms with Gasteiger partial charge in [-0.25, -0.2) is 9.37 Å². The van der Waals surface area contributed by atoms with Gasteiger partial charge >= 0.3 is 0 Å². The third-order valence-electron chi connectivity index (χ3n) is 5.09. The van der Waals surface area contributed by atoms with Crippen molar-refractivity contribution in [2.24, 2.45) is 0 Å². The molecule has 1 aromatic carbocycles. The minimum Gasteiger partial charge on any atom is -0.334 e. The molecule has 0 saturated carbocycles. The van der Waals surface area contributed by atoms with E-state index in [0.29, 0.717) is 11.7 Å². The van der Waals surface area contributed by atoms with E-state index in [0.717, 1.165) is 31.9 Å². The third kappa shape index (κ3) is 2.82. The van der Waals surface area contributed by atoms with Crippen molar-refractivity contribution < 1.29 is 9.18 Å². The van der Waals surface area contributed by atoms with Crippen molar-refractivity contribution in [1.82, 2.24) is 19.4 Å². The number of piperazine rings is 1. The van der Waals surface area contributed by atoms with Crippen LogP contribution >= 0.6 is 0 Å². The first-order chi connectivity index (χ1) is 11.7. The highest BCUT2D eigenvalue weighted by atomic mass is 19.1. The number of nitrogens with zero attached hydrogens (tertiary/aromatic N) is 4. The molecule has 0 radical (unpaired) electrons. The van der Waals surface area contributed by atoms with Crippen molar-refractivity contribution in [1.29, 1.82) is 0 Å². The molecule has 0 spiro atoms. The molecule has 2 aliphatic rings. The molecule has 0 bridgehead atoms. The highest BCUT2D eigenvalue weighted by Gasteiger charge is 2.32. The Bertz CT molecular complexity index is 727. The quantitative estimate of drug-likeness (QED) is 0.849. The molecule has 5 nitrogen and oxygen atoms in total. The highest BCUT2D eigenvalue weighted by molar-refractivity contribution is 5.93. The van der Waals surface area contributed by atoms with E-state index in [2.05, 4.69) is 9.88 Å². The van der Waals surface area contributed by atoms with Crippen LogP contribution in [0.5, 0.6) is 0 Å². The number of amides is 1. The zero-order valence-electron chi connectivity index (χ0n) is 13.6. The van der Waals surface area contributed by atoms with E-state index >= 15 is 0 Å². The number of hydrogen-bond donors (Lipinski definition) is 0. The Morgan fingerprint density at radius 3 is 2.79 bits per heavy atom. The Morgan fingerprint density at radius 1 is 1.12 bits per heavy atom. The maximum absolute atomic E-state index is 13.1. The van der Waals surface area contributed by atoms with E-state index in [9.17, 15) is 9.18 Å². The van der Waals surface area contributed by atoms with Crippen molar-refractivity contribution in [2.75, 3.05) is 26.2 Å². The summed E-state index contributed by atoms with van der Waals surface area (Å²) in [5, 5.41) is 0. The lowest BCUT2D eigenvalue weighted by Gasteiger charge is -2.44. The molecular weight excluding hydrogens is 307 g/mol. The minimum absolute atomic E-state index is 0.00190. The van der Waals surface area contributed by atoms with Crippen LogP contribution in [0.2, 0.25) is 0 Å². The zero-order chi connectivity index (χ0) is 16.5. The van der Waals surface area contributed by atoms with E-state index in [1.165, 1.54) is 31.4 Å². The first-order valence-corrected chi connectivity index (χ1v) is 8.54. The average Bonchev–Trinajstić information content (AvgIpc) is 3.11. The van der Waals surface area contributed by atoms with Crippen LogP contribution in [-0.4, -0.2) is 57.5 Å². The van der Waals surface area contributed by atoms with Crippen molar-refractivity contribution >= 4 is 5.91 Å². The number of benzene rings is 1. The molecule has 1 amide bonds. The van der Waals surface area contributed by atoms with Gasteiger partial charge in [-0.05, 0) is 43.7 Å². The smallest absolute Gasteiger partial charge is 0.272 e. The summed E-state index contributed by atoms with van der Waals surface area (Å²) in [5.74, 6) is -0.290. The summed E-state index contributed by atoms with van der Waals surface area (Å²) in [4.78, 5) is 21.5. The van der Waals surface area contributed by atoms with Gasteiger partial charge in [0.1, 0.15) is 11.5 Å². The first kappa shape index (κ1) is 15.3. The second-order valence-corrected chi connectivity index (χ2v) is 6.56. The average molecular weight is 328 g/mol. The molecule has 4 rings (SSSR count). The van der Waals surface area contributed by atoms with Gasteiger partial charge in [0.25, 0.3) is 5.91 Å². The number of hydrogen-bond acceptors (Lipinski definition) is 3. The molecule has 2 aliphatic heterocycles. The lowest BCUT2D eigenvalue weighted by Crippen LogP contribution is -2.56. The van der Waals surface area contributed by atoms with Crippen LogP contribution in [0.25, 0.3) is 5.69 Å². The maximum atomic E-state index is 13.1. The summed E-state index contributed by atoms with van der Waals surface area (Å²) in [5.41, 5.74) is 1.28. The molecule has 2 fully saturated rings. The molecule has 0 N–H and O–H groups in total. The van der Waals surface area contributed by atoms with Crippen molar-refractivity contribution in [3.8, 4) is 5.69 Å². The van der Waals surface area contributed by atoms with Crippen LogP contribution in [-0.2, 0) is 0 Å². The van der Waals surface area contributed by atoms with Crippen LogP contribution in [0.15, 0.2) is 36.8 Å². The van der Waals surface area contributed by atoms with Crippen LogP contribution in [0.1, 0.15) is 29.8 Å². The number of aromatic nitrogens is 2. The molecule has 3 heterocycles. The number of halogens is 1. The van der Waals surface area contributed by atoms with Gasteiger partial charge in [-0.3, -0.25) is 14.3 Å². The normalized spacial score (nSPS) is 21.5. The predicted molar refractivity (Wildman–Crippen MR) is 88.6 cm³/mol. The first-order valence-electron chi connectivity index (χ1n) is 8.54. The Morgan fingerprint density at radius 2 is 1.96 bits per heavy atom. The van der Waals surface area contributed by atoms with Crippen molar-refractivity contribution in [3.63, 3.8) is 0 Å². The van der Waals surface area contributed by atoms with Gasteiger partial charge in [-0.1, -0.05) is 6.42 Å². The topological polar surface area (TPSA) is 41.4 Å². The third-order valence-corrected chi connectivity index (χ3v) is 5.09. The highest BCUT2D eigenvalue weighted by Crippen LogP contribution is 2.22. The lowest BCUT2D eigenvalue weighted by molar-refractivity contribution is 0.0367. The van der Waals surface area contributed by atoms with E-state index in [-0.39, 0.29) is 11.7 Å². The van der Waals surface area contributed by atoms with E-state index in [4.69, 9.17) is 0 Å². The predicted octanol–water partition coefficient (Wildman–Crippen LogP) is 2.32. The summed E-state index contributed by atoms with van der Waals surface area (Å²) in [6.07, 6.45) is 6.88. The van der Waals surface area contributed by atoms with Crippen LogP contribution < -0.4 is 0 Å². The number of piperidine rings is 1. The monoisotopic (exact) mass is 328 g/mol. The molecule has 6 heteroatoms. The summed E-state index contributed by atoms with van der Waals surface area (Å²) in [6, 6.07) is 6.59. The van der Waals surface area contributed by atoms with Crippen molar-refractivity contribution in [2.45, 2.75) is 25.3 Å². The fourth-order valence-electron chi connectivity index (χ4n) is 3.76. The summed E-state index contributed by atoms with van der Waals surface area (Å²) in [6.45, 7) is 3.64. The van der Waals surface area contributed by atoms with E-state index < -0.39 is 0 Å². The Hall–Kier alpha value is -2.21. The van der Waals surface area contributed by atoms with Gasteiger partial charge in [0.05, 0.1) is 12.5 Å². The molecular formula is C18H21FN4O. The molecule has 2 aromatic rings. The Kier molecular flexibility index (Phi) is 4.06. The van der Waals surface area contributed by atoms with Gasteiger partial charge < -0.3 is 4.90 Å². The standard InChI is InChI=1S/C18H21FN4O/c19-14-4-6-15(7-5-14)23-13-20-11-17(23)18(24)22-10-9-21-8-2-1-3-16(21)12-22/h4-7,11,13,16H,1-3,8-10,12H2/t16-/m1/s1. The van der Waals surface area contributed by atoms with Crippen molar-refractivity contribution in [3.05, 3.63) is 48.3 Å². The van der Waals surface area contributed by atoms with E-state index in [1.807, 2.05) is 4.90 Å². The summed E-state index contributed by atoms with van der Waals surface area (Å²) >= 11 is 0. The molecule has 0 aliphatic carbocycles. The fourth-order valence-corrected chi connectivity index (χ4v) is 3.76. The number of imidazole rings is 1. The molecule has 0 unspecified atom stereocenters. The Balaban J connectivity index is 1.55. The summed E-state index contributed by atoms with van der Waals surface area (Å²) in [7, 11) is 0. The molecule has 2 saturated heterocycles. The number of carbonyl (C=O) groups excluding carboxylic acids is 1. The maximum Gasteiger partial charge on any atom is 0.272 e.